The lowest BCUT2D eigenvalue weighted by molar-refractivity contribution is 0.620. The highest BCUT2D eigenvalue weighted by Crippen LogP contribution is 2.23. The van der Waals surface area contributed by atoms with E-state index in [2.05, 4.69) is 24.0 Å². The largest absolute Gasteiger partial charge is 0.248 e. The van der Waals surface area contributed by atoms with E-state index in [1.54, 1.807) is 13.0 Å². The second-order valence-corrected chi connectivity index (χ2v) is 4.86. The van der Waals surface area contributed by atoms with Gasteiger partial charge in [-0.05, 0) is 43.7 Å². The smallest absolute Gasteiger partial charge is 0.126 e. The summed E-state index contributed by atoms with van der Waals surface area (Å²) in [6.45, 7) is 3.82. The Morgan fingerprint density at radius 2 is 1.79 bits per heavy atom. The number of benzene rings is 2. The first kappa shape index (κ1) is 11.8. The van der Waals surface area contributed by atoms with Crippen LogP contribution in [0.1, 0.15) is 11.1 Å². The Kier molecular flexibility index (Phi) is 2.79. The van der Waals surface area contributed by atoms with Crippen LogP contribution in [0, 0.1) is 19.7 Å². The zero-order chi connectivity index (χ0) is 13.4. The quantitative estimate of drug-likeness (QED) is 0.613. The van der Waals surface area contributed by atoms with E-state index in [0.717, 1.165) is 22.2 Å². The average Bonchev–Trinajstić information content (AvgIpc) is 2.39. The molecule has 3 rings (SSSR count). The SMILES string of the molecule is Cc1cccc(-c2ccc3cc(F)c(C)cc3n2)c1. The second kappa shape index (κ2) is 4.47. The fourth-order valence-electron chi connectivity index (χ4n) is 2.21. The Balaban J connectivity index is 2.19. The Morgan fingerprint density at radius 3 is 2.58 bits per heavy atom. The molecule has 0 aliphatic heterocycles. The van der Waals surface area contributed by atoms with E-state index in [1.807, 2.05) is 24.3 Å². The monoisotopic (exact) mass is 251 g/mol. The maximum atomic E-state index is 13.5. The van der Waals surface area contributed by atoms with E-state index in [4.69, 9.17) is 0 Å². The summed E-state index contributed by atoms with van der Waals surface area (Å²) < 4.78 is 13.5. The van der Waals surface area contributed by atoms with E-state index in [-0.39, 0.29) is 5.82 Å². The van der Waals surface area contributed by atoms with Gasteiger partial charge in [0.15, 0.2) is 0 Å². The fraction of sp³-hybridized carbons (Fsp3) is 0.118. The van der Waals surface area contributed by atoms with E-state index in [9.17, 15) is 4.39 Å². The van der Waals surface area contributed by atoms with Crippen molar-refractivity contribution in [2.45, 2.75) is 13.8 Å². The number of hydrogen-bond donors (Lipinski definition) is 0. The Labute approximate surface area is 111 Å². The lowest BCUT2D eigenvalue weighted by Gasteiger charge is -2.05. The summed E-state index contributed by atoms with van der Waals surface area (Å²) in [6, 6.07) is 15.4. The van der Waals surface area contributed by atoms with Crippen LogP contribution in [0.25, 0.3) is 22.2 Å². The van der Waals surface area contributed by atoms with Gasteiger partial charge in [-0.25, -0.2) is 9.37 Å². The fourth-order valence-corrected chi connectivity index (χ4v) is 2.21. The Hall–Kier alpha value is -2.22. The van der Waals surface area contributed by atoms with Crippen LogP contribution in [0.4, 0.5) is 4.39 Å². The third kappa shape index (κ3) is 2.22. The van der Waals surface area contributed by atoms with Crippen LogP contribution in [-0.4, -0.2) is 4.98 Å². The van der Waals surface area contributed by atoms with E-state index >= 15 is 0 Å². The van der Waals surface area contributed by atoms with Crippen molar-refractivity contribution < 1.29 is 4.39 Å². The molecule has 0 unspecified atom stereocenters. The molecule has 0 saturated carbocycles. The van der Waals surface area contributed by atoms with Crippen molar-refractivity contribution in [1.29, 1.82) is 0 Å². The lowest BCUT2D eigenvalue weighted by Crippen LogP contribution is -1.89. The molecule has 0 amide bonds. The predicted molar refractivity (Wildman–Crippen MR) is 76.6 cm³/mol. The normalized spacial score (nSPS) is 10.9. The van der Waals surface area contributed by atoms with Crippen molar-refractivity contribution >= 4 is 10.9 Å². The first-order chi connectivity index (χ1) is 9.13. The molecule has 94 valence electrons. The van der Waals surface area contributed by atoms with E-state index < -0.39 is 0 Å². The minimum absolute atomic E-state index is 0.183. The highest BCUT2D eigenvalue weighted by molar-refractivity contribution is 5.82. The van der Waals surface area contributed by atoms with Gasteiger partial charge in [-0.3, -0.25) is 0 Å². The van der Waals surface area contributed by atoms with Gasteiger partial charge < -0.3 is 0 Å². The van der Waals surface area contributed by atoms with Crippen LogP contribution < -0.4 is 0 Å². The molecule has 0 saturated heterocycles. The first-order valence-corrected chi connectivity index (χ1v) is 6.27. The van der Waals surface area contributed by atoms with Gasteiger partial charge in [0.05, 0.1) is 11.2 Å². The first-order valence-electron chi connectivity index (χ1n) is 6.27. The molecule has 0 spiro atoms. The number of fused-ring (bicyclic) bond motifs is 1. The zero-order valence-corrected chi connectivity index (χ0v) is 10.9. The highest BCUT2D eigenvalue weighted by Gasteiger charge is 2.05. The summed E-state index contributed by atoms with van der Waals surface area (Å²) in [6.07, 6.45) is 0. The summed E-state index contributed by atoms with van der Waals surface area (Å²) in [5, 5.41) is 0.833. The average molecular weight is 251 g/mol. The van der Waals surface area contributed by atoms with Crippen molar-refractivity contribution in [3.05, 3.63) is 65.5 Å². The van der Waals surface area contributed by atoms with Crippen LogP contribution >= 0.6 is 0 Å². The molecule has 0 radical (unpaired) electrons. The molecule has 1 heterocycles. The van der Waals surface area contributed by atoms with Crippen molar-refractivity contribution in [3.8, 4) is 11.3 Å². The molecule has 2 heteroatoms. The Morgan fingerprint density at radius 1 is 0.947 bits per heavy atom. The molecule has 2 aromatic carbocycles. The van der Waals surface area contributed by atoms with E-state index in [0.29, 0.717) is 5.56 Å². The van der Waals surface area contributed by atoms with Gasteiger partial charge in [0.25, 0.3) is 0 Å². The van der Waals surface area contributed by atoms with Gasteiger partial charge in [-0.1, -0.05) is 29.8 Å². The van der Waals surface area contributed by atoms with Gasteiger partial charge in [0.1, 0.15) is 5.82 Å². The molecular weight excluding hydrogens is 237 g/mol. The summed E-state index contributed by atoms with van der Waals surface area (Å²) >= 11 is 0. The summed E-state index contributed by atoms with van der Waals surface area (Å²) in [5.41, 5.74) is 4.67. The minimum Gasteiger partial charge on any atom is -0.248 e. The topological polar surface area (TPSA) is 12.9 Å². The number of aromatic nitrogens is 1. The van der Waals surface area contributed by atoms with Crippen LogP contribution in [0.2, 0.25) is 0 Å². The minimum atomic E-state index is -0.183. The van der Waals surface area contributed by atoms with Crippen LogP contribution in [0.15, 0.2) is 48.5 Å². The van der Waals surface area contributed by atoms with Crippen molar-refractivity contribution in [2.24, 2.45) is 0 Å². The van der Waals surface area contributed by atoms with Crippen molar-refractivity contribution in [2.75, 3.05) is 0 Å². The van der Waals surface area contributed by atoms with E-state index in [1.165, 1.54) is 11.6 Å². The second-order valence-electron chi connectivity index (χ2n) is 4.86. The van der Waals surface area contributed by atoms with Crippen LogP contribution in [0.3, 0.4) is 0 Å². The number of hydrogen-bond acceptors (Lipinski definition) is 1. The highest BCUT2D eigenvalue weighted by atomic mass is 19.1. The molecule has 1 aromatic heterocycles. The van der Waals surface area contributed by atoms with Crippen LogP contribution in [0.5, 0.6) is 0 Å². The number of aryl methyl sites for hydroxylation is 2. The maximum Gasteiger partial charge on any atom is 0.126 e. The third-order valence-corrected chi connectivity index (χ3v) is 3.28. The molecule has 0 bridgehead atoms. The maximum absolute atomic E-state index is 13.5. The molecule has 3 aromatic rings. The molecule has 0 N–H and O–H groups in total. The van der Waals surface area contributed by atoms with Gasteiger partial charge in [-0.15, -0.1) is 0 Å². The molecule has 0 aliphatic rings. The number of pyridine rings is 1. The Bertz CT molecular complexity index is 762. The molecule has 1 nitrogen and oxygen atoms in total. The summed E-state index contributed by atoms with van der Waals surface area (Å²) in [7, 11) is 0. The molecular formula is C17H14FN. The van der Waals surface area contributed by atoms with Crippen molar-refractivity contribution in [3.63, 3.8) is 0 Å². The van der Waals surface area contributed by atoms with Gasteiger partial charge >= 0.3 is 0 Å². The third-order valence-electron chi connectivity index (χ3n) is 3.28. The molecule has 0 fully saturated rings. The number of rotatable bonds is 1. The van der Waals surface area contributed by atoms with Gasteiger partial charge in [0.2, 0.25) is 0 Å². The van der Waals surface area contributed by atoms with Gasteiger partial charge in [0, 0.05) is 10.9 Å². The van der Waals surface area contributed by atoms with Crippen LogP contribution in [-0.2, 0) is 0 Å². The van der Waals surface area contributed by atoms with Crippen molar-refractivity contribution in [1.82, 2.24) is 4.98 Å². The number of halogens is 1. The number of nitrogens with zero attached hydrogens (tertiary/aromatic N) is 1. The molecule has 0 aliphatic carbocycles. The summed E-state index contributed by atoms with van der Waals surface area (Å²) in [4.78, 5) is 4.62. The molecule has 0 atom stereocenters. The molecule has 19 heavy (non-hydrogen) atoms. The predicted octanol–water partition coefficient (Wildman–Crippen LogP) is 4.66. The standard InChI is InChI=1S/C17H14FN/c1-11-4-3-5-13(8-11)16-7-6-14-10-15(18)12(2)9-17(14)19-16/h3-10H,1-2H3. The van der Waals surface area contributed by atoms with Gasteiger partial charge in [-0.2, -0.15) is 0 Å². The lowest BCUT2D eigenvalue weighted by atomic mass is 10.1. The summed E-state index contributed by atoms with van der Waals surface area (Å²) in [5.74, 6) is -0.183. The zero-order valence-electron chi connectivity index (χ0n) is 10.9.